The van der Waals surface area contributed by atoms with Crippen LogP contribution in [0.2, 0.25) is 0 Å². The van der Waals surface area contributed by atoms with Crippen molar-refractivity contribution in [3.8, 4) is 0 Å². The van der Waals surface area contributed by atoms with Gasteiger partial charge in [0.1, 0.15) is 5.82 Å². The van der Waals surface area contributed by atoms with Crippen LogP contribution in [-0.2, 0) is 0 Å². The molecule has 27 heavy (non-hydrogen) atoms. The number of aliphatic imine (C=N–C) groups is 1. The lowest BCUT2D eigenvalue weighted by Gasteiger charge is -2.40. The zero-order chi connectivity index (χ0) is 18.4. The van der Waals surface area contributed by atoms with E-state index in [9.17, 15) is 0 Å². The highest BCUT2D eigenvalue weighted by Crippen LogP contribution is 2.19. The van der Waals surface area contributed by atoms with E-state index in [1.807, 2.05) is 19.3 Å². The van der Waals surface area contributed by atoms with Gasteiger partial charge in [-0.1, -0.05) is 12.5 Å². The van der Waals surface area contributed by atoms with Crippen LogP contribution in [0.3, 0.4) is 0 Å². The van der Waals surface area contributed by atoms with Crippen LogP contribution in [-0.4, -0.2) is 79.1 Å². The average molecular weight is 486 g/mol. The highest BCUT2D eigenvalue weighted by Gasteiger charge is 2.24. The van der Waals surface area contributed by atoms with Gasteiger partial charge in [0.25, 0.3) is 0 Å². The molecule has 6 nitrogen and oxygen atoms in total. The lowest BCUT2D eigenvalue weighted by atomic mass is 10.0. The second-order valence-electron chi connectivity index (χ2n) is 7.52. The van der Waals surface area contributed by atoms with E-state index in [-0.39, 0.29) is 24.0 Å². The summed E-state index contributed by atoms with van der Waals surface area (Å²) >= 11 is 0. The highest BCUT2D eigenvalue weighted by atomic mass is 127. The van der Waals surface area contributed by atoms with E-state index in [1.165, 1.54) is 25.8 Å². The van der Waals surface area contributed by atoms with Crippen molar-refractivity contribution in [1.29, 1.82) is 0 Å². The van der Waals surface area contributed by atoms with Crippen molar-refractivity contribution in [1.82, 2.24) is 20.1 Å². The number of piperidine rings is 1. The molecule has 2 atom stereocenters. The van der Waals surface area contributed by atoms with Crippen molar-refractivity contribution in [3.63, 3.8) is 0 Å². The molecule has 2 unspecified atom stereocenters. The predicted octanol–water partition coefficient (Wildman–Crippen LogP) is 2.66. The number of hydrogen-bond acceptors (Lipinski definition) is 4. The molecule has 1 N–H and O–H groups in total. The molecular formula is C20H35IN6. The number of guanidine groups is 1. The standard InChI is InChI=1S/C20H34N6.HI/c1-17-8-5-7-11-26(17)18(2)16-23-20(21-3)25-14-12-24(13-15-25)19-9-4-6-10-22-19;/h4,6,9-10,17-18H,5,7-8,11-16H2,1-3H3,(H,21,23);1H. The third kappa shape index (κ3) is 5.94. The number of aromatic nitrogens is 1. The Morgan fingerprint density at radius 2 is 2.00 bits per heavy atom. The first-order valence-corrected chi connectivity index (χ1v) is 10.1. The van der Waals surface area contributed by atoms with Gasteiger partial charge in [-0.3, -0.25) is 9.89 Å². The number of piperazine rings is 1. The van der Waals surface area contributed by atoms with Crippen molar-refractivity contribution in [2.45, 2.75) is 45.2 Å². The minimum Gasteiger partial charge on any atom is -0.355 e. The van der Waals surface area contributed by atoms with Crippen molar-refractivity contribution in [3.05, 3.63) is 24.4 Å². The molecule has 0 saturated carbocycles. The van der Waals surface area contributed by atoms with Gasteiger partial charge in [-0.05, 0) is 45.4 Å². The Morgan fingerprint density at radius 3 is 2.63 bits per heavy atom. The van der Waals surface area contributed by atoms with E-state index in [1.54, 1.807) is 0 Å². The zero-order valence-corrected chi connectivity index (χ0v) is 19.3. The molecule has 2 aliphatic rings. The number of nitrogens with zero attached hydrogens (tertiary/aromatic N) is 5. The SMILES string of the molecule is CN=C(NCC(C)N1CCCCC1C)N1CCN(c2ccccn2)CC1.I. The molecule has 7 heteroatoms. The van der Waals surface area contributed by atoms with Crippen LogP contribution in [0.15, 0.2) is 29.4 Å². The number of likely N-dealkylation sites (tertiary alicyclic amines) is 1. The number of hydrogen-bond donors (Lipinski definition) is 1. The van der Waals surface area contributed by atoms with Gasteiger partial charge >= 0.3 is 0 Å². The third-order valence-corrected chi connectivity index (χ3v) is 5.74. The fraction of sp³-hybridized carbons (Fsp3) is 0.700. The number of nitrogens with one attached hydrogen (secondary N) is 1. The Hall–Kier alpha value is -1.09. The molecule has 1 aromatic heterocycles. The third-order valence-electron chi connectivity index (χ3n) is 5.74. The van der Waals surface area contributed by atoms with Gasteiger partial charge in [-0.15, -0.1) is 24.0 Å². The van der Waals surface area contributed by atoms with E-state index in [2.05, 4.69) is 56.0 Å². The summed E-state index contributed by atoms with van der Waals surface area (Å²) in [6, 6.07) is 7.35. The van der Waals surface area contributed by atoms with Crippen LogP contribution in [0.25, 0.3) is 0 Å². The summed E-state index contributed by atoms with van der Waals surface area (Å²) in [6.45, 7) is 10.8. The molecule has 3 heterocycles. The summed E-state index contributed by atoms with van der Waals surface area (Å²) in [7, 11) is 1.89. The molecule has 1 aromatic rings. The molecule has 0 aliphatic carbocycles. The minimum atomic E-state index is 0. The summed E-state index contributed by atoms with van der Waals surface area (Å²) < 4.78 is 0. The molecule has 0 aromatic carbocycles. The van der Waals surface area contributed by atoms with Gasteiger partial charge in [0, 0.05) is 58.1 Å². The van der Waals surface area contributed by atoms with Crippen molar-refractivity contribution in [2.24, 2.45) is 4.99 Å². The van der Waals surface area contributed by atoms with Gasteiger partial charge in [-0.25, -0.2) is 4.98 Å². The number of rotatable bonds is 4. The van der Waals surface area contributed by atoms with Crippen LogP contribution in [0, 0.1) is 0 Å². The fourth-order valence-corrected chi connectivity index (χ4v) is 4.15. The Labute approximate surface area is 181 Å². The summed E-state index contributed by atoms with van der Waals surface area (Å²) in [4.78, 5) is 16.3. The zero-order valence-electron chi connectivity index (χ0n) is 17.0. The molecule has 0 spiro atoms. The van der Waals surface area contributed by atoms with Gasteiger partial charge in [0.05, 0.1) is 0 Å². The van der Waals surface area contributed by atoms with Gasteiger partial charge in [0.15, 0.2) is 5.96 Å². The maximum atomic E-state index is 4.52. The Morgan fingerprint density at radius 1 is 1.22 bits per heavy atom. The molecular weight excluding hydrogens is 451 g/mol. The topological polar surface area (TPSA) is 47.0 Å². The minimum absolute atomic E-state index is 0. The predicted molar refractivity (Wildman–Crippen MR) is 124 cm³/mol. The largest absolute Gasteiger partial charge is 0.355 e. The Kier molecular flexibility index (Phi) is 9.08. The molecule has 3 rings (SSSR count). The maximum absolute atomic E-state index is 4.52. The first-order chi connectivity index (χ1) is 12.7. The van der Waals surface area contributed by atoms with E-state index in [0.29, 0.717) is 12.1 Å². The van der Waals surface area contributed by atoms with Gasteiger partial charge in [-0.2, -0.15) is 0 Å². The molecule has 0 bridgehead atoms. The number of anilines is 1. The van der Waals surface area contributed by atoms with Crippen LogP contribution in [0.5, 0.6) is 0 Å². The number of halogens is 1. The Bertz CT molecular complexity index is 573. The van der Waals surface area contributed by atoms with Gasteiger partial charge < -0.3 is 15.1 Å². The normalized spacial score (nSPS) is 22.9. The summed E-state index contributed by atoms with van der Waals surface area (Å²) in [5, 5.41) is 3.61. The smallest absolute Gasteiger partial charge is 0.193 e. The van der Waals surface area contributed by atoms with E-state index < -0.39 is 0 Å². The van der Waals surface area contributed by atoms with Crippen LogP contribution in [0.1, 0.15) is 33.1 Å². The monoisotopic (exact) mass is 486 g/mol. The summed E-state index contributed by atoms with van der Waals surface area (Å²) in [5.41, 5.74) is 0. The van der Waals surface area contributed by atoms with E-state index in [4.69, 9.17) is 0 Å². The fourth-order valence-electron chi connectivity index (χ4n) is 4.15. The van der Waals surface area contributed by atoms with Crippen molar-refractivity contribution >= 4 is 35.8 Å². The van der Waals surface area contributed by atoms with Crippen LogP contribution >= 0.6 is 24.0 Å². The van der Waals surface area contributed by atoms with Gasteiger partial charge in [0.2, 0.25) is 0 Å². The number of pyridine rings is 1. The molecule has 2 aliphatic heterocycles. The average Bonchev–Trinajstić information content (AvgIpc) is 2.70. The van der Waals surface area contributed by atoms with Crippen LogP contribution in [0.4, 0.5) is 5.82 Å². The second kappa shape index (κ2) is 11.0. The molecule has 2 fully saturated rings. The van der Waals surface area contributed by atoms with Crippen molar-refractivity contribution < 1.29 is 0 Å². The first kappa shape index (κ1) is 22.2. The van der Waals surface area contributed by atoms with Crippen molar-refractivity contribution in [2.75, 3.05) is 51.2 Å². The van der Waals surface area contributed by atoms with E-state index >= 15 is 0 Å². The van der Waals surface area contributed by atoms with Crippen LogP contribution < -0.4 is 10.2 Å². The Balaban J connectivity index is 0.00000261. The van der Waals surface area contributed by atoms with E-state index in [0.717, 1.165) is 44.5 Å². The molecule has 0 radical (unpaired) electrons. The molecule has 0 amide bonds. The maximum Gasteiger partial charge on any atom is 0.193 e. The second-order valence-corrected chi connectivity index (χ2v) is 7.52. The summed E-state index contributed by atoms with van der Waals surface area (Å²) in [6.07, 6.45) is 5.90. The lowest BCUT2D eigenvalue weighted by Crippen LogP contribution is -2.55. The molecule has 152 valence electrons. The lowest BCUT2D eigenvalue weighted by molar-refractivity contribution is 0.115. The summed E-state index contributed by atoms with van der Waals surface area (Å²) in [5.74, 6) is 2.10. The quantitative estimate of drug-likeness (QED) is 0.403. The highest BCUT2D eigenvalue weighted by molar-refractivity contribution is 14.0. The molecule has 2 saturated heterocycles. The first-order valence-electron chi connectivity index (χ1n) is 10.1.